The summed E-state index contributed by atoms with van der Waals surface area (Å²) < 4.78 is 27.3. The van der Waals surface area contributed by atoms with Gasteiger partial charge in [0, 0.05) is 24.1 Å². The predicted molar refractivity (Wildman–Crippen MR) is 80.3 cm³/mol. The zero-order valence-electron chi connectivity index (χ0n) is 10.4. The Bertz CT molecular complexity index is 810. The molecule has 2 aromatic rings. The van der Waals surface area contributed by atoms with E-state index in [0.717, 1.165) is 12.1 Å². The summed E-state index contributed by atoms with van der Waals surface area (Å²) >= 11 is 3.14. The Labute approximate surface area is 128 Å². The Morgan fingerprint density at radius 2 is 2.05 bits per heavy atom. The molecule has 10 heteroatoms. The van der Waals surface area contributed by atoms with Crippen molar-refractivity contribution in [1.82, 2.24) is 4.98 Å². The molecule has 0 spiro atoms. The zero-order chi connectivity index (χ0) is 15.6. The van der Waals surface area contributed by atoms with Gasteiger partial charge < -0.3 is 5.73 Å². The second kappa shape index (κ2) is 5.66. The van der Waals surface area contributed by atoms with Crippen LogP contribution in [0, 0.1) is 10.1 Å². The number of nitro benzene ring substituents is 1. The van der Waals surface area contributed by atoms with E-state index < -0.39 is 25.5 Å². The number of nitro groups is 1. The van der Waals surface area contributed by atoms with Crippen molar-refractivity contribution in [2.24, 2.45) is 0 Å². The number of rotatable bonds is 4. The van der Waals surface area contributed by atoms with Gasteiger partial charge in [0.15, 0.2) is 4.90 Å². The predicted octanol–water partition coefficient (Wildman–Crippen LogP) is 2.14. The molecule has 0 unspecified atom stereocenters. The number of halogens is 1. The molecule has 0 amide bonds. The van der Waals surface area contributed by atoms with E-state index in [1.807, 2.05) is 0 Å². The van der Waals surface area contributed by atoms with Gasteiger partial charge >= 0.3 is 0 Å². The maximum atomic E-state index is 12.3. The molecule has 1 aromatic carbocycles. The first-order chi connectivity index (χ1) is 9.81. The van der Waals surface area contributed by atoms with Crippen molar-refractivity contribution in [3.05, 3.63) is 51.2 Å². The molecule has 0 saturated carbocycles. The average Bonchev–Trinajstić information content (AvgIpc) is 2.41. The molecule has 21 heavy (non-hydrogen) atoms. The van der Waals surface area contributed by atoms with Crippen LogP contribution < -0.4 is 10.5 Å². The summed E-state index contributed by atoms with van der Waals surface area (Å²) in [5.74, 6) is 0. The number of nitrogens with zero attached hydrogens (tertiary/aromatic N) is 2. The number of pyridine rings is 1. The molecule has 2 rings (SSSR count). The van der Waals surface area contributed by atoms with Crippen molar-refractivity contribution in [1.29, 1.82) is 0 Å². The van der Waals surface area contributed by atoms with Gasteiger partial charge in [-0.25, -0.2) is 8.42 Å². The van der Waals surface area contributed by atoms with E-state index in [4.69, 9.17) is 5.73 Å². The van der Waals surface area contributed by atoms with Crippen LogP contribution in [0.15, 0.2) is 46.0 Å². The van der Waals surface area contributed by atoms with Gasteiger partial charge in [0.25, 0.3) is 15.7 Å². The van der Waals surface area contributed by atoms with Crippen molar-refractivity contribution in [2.75, 3.05) is 10.5 Å². The van der Waals surface area contributed by atoms with Crippen LogP contribution in [0.1, 0.15) is 0 Å². The number of hydrogen-bond donors (Lipinski definition) is 2. The summed E-state index contributed by atoms with van der Waals surface area (Å²) in [6.45, 7) is 0. The van der Waals surface area contributed by atoms with Gasteiger partial charge in [-0.05, 0) is 34.1 Å². The van der Waals surface area contributed by atoms with Gasteiger partial charge in [-0.3, -0.25) is 19.8 Å². The summed E-state index contributed by atoms with van der Waals surface area (Å²) in [6, 6.07) is 4.76. The highest BCUT2D eigenvalue weighted by Gasteiger charge is 2.26. The highest BCUT2D eigenvalue weighted by molar-refractivity contribution is 9.10. The minimum absolute atomic E-state index is 0.106. The Morgan fingerprint density at radius 1 is 1.33 bits per heavy atom. The lowest BCUT2D eigenvalue weighted by Gasteiger charge is -2.10. The Balaban J connectivity index is 2.52. The van der Waals surface area contributed by atoms with Crippen molar-refractivity contribution in [2.45, 2.75) is 4.90 Å². The van der Waals surface area contributed by atoms with Crippen LogP contribution in [0.2, 0.25) is 0 Å². The molecule has 0 aliphatic rings. The van der Waals surface area contributed by atoms with Crippen LogP contribution in [0.5, 0.6) is 0 Å². The standard InChI is InChI=1S/C11H9BrN4O4S/c12-8-6-14-4-3-9(8)15-21(19,20)11-5-7(13)1-2-10(11)16(17)18/h1-6H,13H2,(H,14,15). The lowest BCUT2D eigenvalue weighted by Crippen LogP contribution is -2.15. The molecule has 0 fully saturated rings. The number of anilines is 2. The van der Waals surface area contributed by atoms with E-state index in [1.54, 1.807) is 0 Å². The molecule has 0 bridgehead atoms. The average molecular weight is 373 g/mol. The maximum Gasteiger partial charge on any atom is 0.290 e. The molecule has 0 atom stereocenters. The molecule has 0 aliphatic heterocycles. The highest BCUT2D eigenvalue weighted by Crippen LogP contribution is 2.29. The topological polar surface area (TPSA) is 128 Å². The van der Waals surface area contributed by atoms with Crippen molar-refractivity contribution < 1.29 is 13.3 Å². The fraction of sp³-hybridized carbons (Fsp3) is 0. The SMILES string of the molecule is Nc1ccc([N+](=O)[O-])c(S(=O)(=O)Nc2ccncc2Br)c1. The highest BCUT2D eigenvalue weighted by atomic mass is 79.9. The number of benzene rings is 1. The maximum absolute atomic E-state index is 12.3. The Hall–Kier alpha value is -2.20. The summed E-state index contributed by atoms with van der Waals surface area (Å²) in [5.41, 5.74) is 5.28. The number of hydrogen-bond acceptors (Lipinski definition) is 6. The molecule has 0 aliphatic carbocycles. The van der Waals surface area contributed by atoms with E-state index in [-0.39, 0.29) is 11.4 Å². The number of nitrogens with two attached hydrogens (primary N) is 1. The molecular weight excluding hydrogens is 364 g/mol. The minimum Gasteiger partial charge on any atom is -0.399 e. The molecule has 110 valence electrons. The first-order valence-corrected chi connectivity index (χ1v) is 7.75. The van der Waals surface area contributed by atoms with Gasteiger partial charge in [-0.1, -0.05) is 0 Å². The molecule has 0 saturated heterocycles. The normalized spacial score (nSPS) is 11.1. The van der Waals surface area contributed by atoms with Crippen LogP contribution in [-0.2, 0) is 10.0 Å². The van der Waals surface area contributed by atoms with Crippen LogP contribution in [0.25, 0.3) is 0 Å². The lowest BCUT2D eigenvalue weighted by molar-refractivity contribution is -0.387. The third-order valence-corrected chi connectivity index (χ3v) is 4.51. The second-order valence-corrected chi connectivity index (χ2v) is 6.45. The van der Waals surface area contributed by atoms with Crippen LogP contribution in [0.3, 0.4) is 0 Å². The van der Waals surface area contributed by atoms with Crippen molar-refractivity contribution in [3.63, 3.8) is 0 Å². The number of nitrogen functional groups attached to an aromatic ring is 1. The molecular formula is C11H9BrN4O4S. The van der Waals surface area contributed by atoms with Gasteiger partial charge in [-0.2, -0.15) is 0 Å². The fourth-order valence-electron chi connectivity index (χ4n) is 1.55. The Kier molecular flexibility index (Phi) is 4.09. The third kappa shape index (κ3) is 3.28. The van der Waals surface area contributed by atoms with Gasteiger partial charge in [0.1, 0.15) is 0 Å². The quantitative estimate of drug-likeness (QED) is 0.480. The zero-order valence-corrected chi connectivity index (χ0v) is 12.8. The van der Waals surface area contributed by atoms with E-state index in [1.165, 1.54) is 24.5 Å². The van der Waals surface area contributed by atoms with E-state index in [2.05, 4.69) is 25.6 Å². The Morgan fingerprint density at radius 3 is 2.67 bits per heavy atom. The minimum atomic E-state index is -4.16. The first kappa shape index (κ1) is 15.2. The summed E-state index contributed by atoms with van der Waals surface area (Å²) in [5, 5.41) is 11.0. The number of nitrogens with one attached hydrogen (secondary N) is 1. The number of aromatic nitrogens is 1. The van der Waals surface area contributed by atoms with Crippen LogP contribution in [-0.4, -0.2) is 18.3 Å². The fourth-order valence-corrected chi connectivity index (χ4v) is 3.32. The van der Waals surface area contributed by atoms with Gasteiger partial charge in [-0.15, -0.1) is 0 Å². The second-order valence-electron chi connectivity index (χ2n) is 3.95. The monoisotopic (exact) mass is 372 g/mol. The van der Waals surface area contributed by atoms with E-state index in [9.17, 15) is 18.5 Å². The van der Waals surface area contributed by atoms with Crippen molar-refractivity contribution >= 4 is 43.0 Å². The summed E-state index contributed by atoms with van der Waals surface area (Å²) in [6.07, 6.45) is 2.78. The largest absolute Gasteiger partial charge is 0.399 e. The molecule has 0 radical (unpaired) electrons. The molecule has 3 N–H and O–H groups in total. The summed E-state index contributed by atoms with van der Waals surface area (Å²) in [4.78, 5) is 13.5. The van der Waals surface area contributed by atoms with Gasteiger partial charge in [0.05, 0.1) is 15.1 Å². The first-order valence-electron chi connectivity index (χ1n) is 5.47. The summed E-state index contributed by atoms with van der Waals surface area (Å²) in [7, 11) is -4.16. The van der Waals surface area contributed by atoms with E-state index in [0.29, 0.717) is 4.47 Å². The smallest absolute Gasteiger partial charge is 0.290 e. The van der Waals surface area contributed by atoms with Gasteiger partial charge in [0.2, 0.25) is 0 Å². The van der Waals surface area contributed by atoms with Crippen LogP contribution in [0.4, 0.5) is 17.1 Å². The lowest BCUT2D eigenvalue weighted by atomic mass is 10.3. The molecule has 1 heterocycles. The molecule has 1 aromatic heterocycles. The van der Waals surface area contributed by atoms with Crippen molar-refractivity contribution in [3.8, 4) is 0 Å². The van der Waals surface area contributed by atoms with Crippen LogP contribution >= 0.6 is 15.9 Å². The molecule has 8 nitrogen and oxygen atoms in total. The number of sulfonamides is 1. The third-order valence-electron chi connectivity index (χ3n) is 2.49. The van der Waals surface area contributed by atoms with E-state index >= 15 is 0 Å².